The van der Waals surface area contributed by atoms with Crippen molar-refractivity contribution in [2.24, 2.45) is 0 Å². The van der Waals surface area contributed by atoms with E-state index in [0.29, 0.717) is 0 Å². The number of carbonyl (C=O) groups excluding carboxylic acids is 9. The Hall–Kier alpha value is -1.14. The molecular weight excluding hydrogens is 2260 g/mol. The van der Waals surface area contributed by atoms with Crippen LogP contribution in [0.3, 0.4) is 0 Å². The zero-order chi connectivity index (χ0) is 71.0. The van der Waals surface area contributed by atoms with Crippen molar-refractivity contribution in [3.8, 4) is 0 Å². The van der Waals surface area contributed by atoms with Crippen LogP contribution in [-0.2, 0) is 14.4 Å². The van der Waals surface area contributed by atoms with Crippen LogP contribution in [0.15, 0.2) is 0 Å². The summed E-state index contributed by atoms with van der Waals surface area (Å²) in [6.45, 7) is -9.00. The SMILES string of the molecule is CN(CCN(CCN(C)C(=O)c1c(I)c(NC(=O)C(O)C(O)CO)c(I)c(C(=O)NCC(O)CO)c1I)C(=O)c1c(I)c(NC(=O)C(O)C(O)CO)c(I)c(C(=O)NCC(O)CO)c1I)C(=O)c1c(I)c(NC(=O)C(O)C(O)CO)c(I)c(C(=O)NCC(O)CO)c1I. The number of likely N-dealkylation sites (N-methyl/N-ethyl adjacent to an activating group) is 2. The molecule has 0 aliphatic carbocycles. The van der Waals surface area contributed by atoms with E-state index >= 15 is 14.4 Å². The minimum absolute atomic E-state index is 0.0234. The summed E-state index contributed by atoms with van der Waals surface area (Å²) in [5.41, 5.74) is -2.51. The minimum Gasteiger partial charge on any atom is -0.394 e. The van der Waals surface area contributed by atoms with Crippen LogP contribution in [0.2, 0.25) is 0 Å². The van der Waals surface area contributed by atoms with Crippen molar-refractivity contribution in [3.63, 3.8) is 0 Å². The Labute approximate surface area is 651 Å². The first-order valence-electron chi connectivity index (χ1n) is 26.4. The van der Waals surface area contributed by atoms with Gasteiger partial charge >= 0.3 is 0 Å². The smallest absolute Gasteiger partial charge is 0.256 e. The van der Waals surface area contributed by atoms with Crippen LogP contribution >= 0.6 is 203 Å². The summed E-state index contributed by atoms with van der Waals surface area (Å²) < 4.78 is -0.544. The van der Waals surface area contributed by atoms with Gasteiger partial charge in [0, 0.05) is 70.6 Å². The predicted octanol–water partition coefficient (Wildman–Crippen LogP) is -3.68. The summed E-state index contributed by atoms with van der Waals surface area (Å²) in [7, 11) is 2.53. The molecule has 33 nitrogen and oxygen atoms in total. The molecule has 0 heterocycles. The molecule has 0 bridgehead atoms. The van der Waals surface area contributed by atoms with E-state index in [-0.39, 0.29) is 82.6 Å². The van der Waals surface area contributed by atoms with Gasteiger partial charge in [-0.1, -0.05) is 0 Å². The van der Waals surface area contributed by atoms with Gasteiger partial charge in [0.2, 0.25) is 0 Å². The van der Waals surface area contributed by atoms with Crippen molar-refractivity contribution in [3.05, 3.63) is 65.5 Å². The van der Waals surface area contributed by atoms with Gasteiger partial charge in [-0.25, -0.2) is 0 Å². The van der Waals surface area contributed by atoms with Crippen molar-refractivity contribution >= 4 is 274 Å². The molecule has 0 saturated carbocycles. The van der Waals surface area contributed by atoms with Gasteiger partial charge in [-0.3, -0.25) is 43.2 Å². The monoisotopic (exact) mass is 2330 g/mol. The van der Waals surface area contributed by atoms with Crippen molar-refractivity contribution in [1.82, 2.24) is 30.7 Å². The van der Waals surface area contributed by atoms with Crippen LogP contribution in [-0.4, -0.2) is 299 Å². The fourth-order valence-corrected chi connectivity index (χ4v) is 20.7. The third-order valence-electron chi connectivity index (χ3n) is 13.0. The molecule has 0 spiro atoms. The number of aliphatic hydroxyl groups is 15. The lowest BCUT2D eigenvalue weighted by Crippen LogP contribution is -2.45. The molecule has 9 atom stereocenters. The molecule has 3 aromatic rings. The molecule has 93 heavy (non-hydrogen) atoms. The Morgan fingerprint density at radius 1 is 0.333 bits per heavy atom. The Balaban J connectivity index is 2.43. The molecule has 21 N–H and O–H groups in total. The number of rotatable bonds is 33. The number of anilines is 3. The van der Waals surface area contributed by atoms with Crippen molar-refractivity contribution < 1.29 is 120 Å². The number of hydrogen-bond donors (Lipinski definition) is 21. The van der Waals surface area contributed by atoms with Crippen molar-refractivity contribution in [2.45, 2.75) is 54.9 Å². The molecule has 518 valence electrons. The highest BCUT2D eigenvalue weighted by molar-refractivity contribution is 14.1. The summed E-state index contributed by atoms with van der Waals surface area (Å²) in [4.78, 5) is 131. The van der Waals surface area contributed by atoms with Gasteiger partial charge in [-0.15, -0.1) is 0 Å². The summed E-state index contributed by atoms with van der Waals surface area (Å²) in [6, 6.07) is 0. The molecule has 0 fully saturated rings. The number of benzene rings is 3. The minimum atomic E-state index is -2.28. The van der Waals surface area contributed by atoms with Crippen LogP contribution in [0.25, 0.3) is 0 Å². The highest BCUT2D eigenvalue weighted by Crippen LogP contribution is 2.40. The van der Waals surface area contributed by atoms with E-state index in [4.69, 9.17) is 0 Å². The molecule has 0 aromatic heterocycles. The number of carbonyl (C=O) groups is 9. The Bertz CT molecular complexity index is 3150. The van der Waals surface area contributed by atoms with Crippen LogP contribution in [0.1, 0.15) is 62.1 Å². The average molecular weight is 2330 g/mol. The fraction of sp³-hybridized carbons (Fsp3) is 0.471. The normalized spacial score (nSPS) is 14.3. The molecule has 9 amide bonds. The highest BCUT2D eigenvalue weighted by Gasteiger charge is 2.38. The van der Waals surface area contributed by atoms with E-state index in [0.717, 1.165) is 14.7 Å². The Morgan fingerprint density at radius 3 is 0.785 bits per heavy atom. The van der Waals surface area contributed by atoms with Crippen LogP contribution in [0.5, 0.6) is 0 Å². The Morgan fingerprint density at radius 2 is 0.559 bits per heavy atom. The summed E-state index contributed by atoms with van der Waals surface area (Å²) in [5.74, 6) is -9.50. The predicted molar refractivity (Wildman–Crippen MR) is 403 cm³/mol. The zero-order valence-corrected chi connectivity index (χ0v) is 67.4. The second-order valence-electron chi connectivity index (χ2n) is 19.6. The maximum atomic E-state index is 15.7. The standard InChI is InChI=1S/C51H62I9N9O24/c1-67(49(91)25-28(52)22(43(85)61-7-16(76)10-70)31(55)37(34(25)58)64-46(88)40(82)19(79)13-73)3-5-69(51(93)27-30(54)24(45(87)63-9-18(78)12-72)33(57)39(36(27)60)66-48(90)42(84)21(81)15-75)6-4-68(2)50(92)26-29(53)23(44(86)62-8-17(77)11-71)32(56)38(35(26)59)65-47(89)41(83)20(80)14-74/h16-21,40-42,70-84H,3-15H2,1-2H3,(H,61,85)(H,62,86)(H,63,87)(H,64,88)(H,65,89)(H,66,90). The van der Waals surface area contributed by atoms with Crippen LogP contribution in [0.4, 0.5) is 17.1 Å². The molecule has 0 saturated heterocycles. The number of nitrogens with one attached hydrogen (secondary N) is 6. The third-order valence-corrected chi connectivity index (χ3v) is 22.7. The maximum absolute atomic E-state index is 15.7. The first-order valence-corrected chi connectivity index (χ1v) is 36.1. The molecule has 42 heteroatoms. The number of halogens is 9. The molecule has 0 aliphatic heterocycles. The Kier molecular flexibility index (Phi) is 37.3. The third kappa shape index (κ3) is 22.2. The van der Waals surface area contributed by atoms with Gasteiger partial charge in [0.15, 0.2) is 18.3 Å². The largest absolute Gasteiger partial charge is 0.394 e. The zero-order valence-electron chi connectivity index (χ0n) is 48.0. The number of hydrogen-bond acceptors (Lipinski definition) is 24. The van der Waals surface area contributed by atoms with E-state index in [1.807, 2.05) is 0 Å². The van der Waals surface area contributed by atoms with Crippen molar-refractivity contribution in [2.75, 3.05) is 116 Å². The van der Waals surface area contributed by atoms with Gasteiger partial charge in [-0.2, -0.15) is 0 Å². The highest BCUT2D eigenvalue weighted by atomic mass is 127. The quantitative estimate of drug-likeness (QED) is 0.0261. The summed E-state index contributed by atoms with van der Waals surface area (Å²) in [6.07, 6.45) is -17.1. The van der Waals surface area contributed by atoms with Gasteiger partial charge in [0.1, 0.15) is 18.3 Å². The number of amides is 9. The summed E-state index contributed by atoms with van der Waals surface area (Å²) in [5, 5.41) is 164. The molecule has 0 radical (unpaired) electrons. The topological polar surface area (TPSA) is 539 Å². The van der Waals surface area contributed by atoms with Crippen molar-refractivity contribution in [1.29, 1.82) is 0 Å². The lowest BCUT2D eigenvalue weighted by atomic mass is 10.1. The van der Waals surface area contributed by atoms with Crippen LogP contribution in [0, 0.1) is 32.1 Å². The molecule has 0 aliphatic rings. The van der Waals surface area contributed by atoms with Gasteiger partial charge in [0.25, 0.3) is 53.2 Å². The second kappa shape index (κ2) is 40.3. The van der Waals surface area contributed by atoms with Crippen LogP contribution < -0.4 is 31.9 Å². The van der Waals surface area contributed by atoms with E-state index in [1.54, 1.807) is 203 Å². The lowest BCUT2D eigenvalue weighted by Gasteiger charge is -2.30. The fourth-order valence-electron chi connectivity index (χ4n) is 7.59. The summed E-state index contributed by atoms with van der Waals surface area (Å²) >= 11 is 15.0. The first-order chi connectivity index (χ1) is 43.5. The van der Waals surface area contributed by atoms with Gasteiger partial charge in [0.05, 0.1) is 130 Å². The van der Waals surface area contributed by atoms with Gasteiger partial charge < -0.3 is 123 Å². The van der Waals surface area contributed by atoms with Gasteiger partial charge in [-0.05, 0) is 203 Å². The second-order valence-corrected chi connectivity index (χ2v) is 29.3. The van der Waals surface area contributed by atoms with E-state index in [2.05, 4.69) is 31.9 Å². The lowest BCUT2D eigenvalue weighted by molar-refractivity contribution is -0.131. The molecule has 9 unspecified atom stereocenters. The van der Waals surface area contributed by atoms with E-state index < -0.39 is 194 Å². The number of aliphatic hydroxyl groups excluding tert-OH is 15. The molecular formula is C51H62I9N9O24. The average Bonchev–Trinajstić information content (AvgIpc) is 0.789. The first kappa shape index (κ1) is 86.1. The molecule has 3 aromatic carbocycles. The molecule has 3 rings (SSSR count). The maximum Gasteiger partial charge on any atom is 0.256 e. The number of nitrogens with zero attached hydrogens (tertiary/aromatic N) is 3. The van der Waals surface area contributed by atoms with E-state index in [1.165, 1.54) is 14.1 Å². The van der Waals surface area contributed by atoms with E-state index in [9.17, 15) is 105 Å².